The molecule has 0 amide bonds. The summed E-state index contributed by atoms with van der Waals surface area (Å²) in [5.74, 6) is 1.19. The van der Waals surface area contributed by atoms with E-state index in [9.17, 15) is 8.42 Å². The van der Waals surface area contributed by atoms with Crippen molar-refractivity contribution in [2.45, 2.75) is 33.1 Å². The maximum absolute atomic E-state index is 11.4. The molecule has 1 aliphatic heterocycles. The van der Waals surface area contributed by atoms with Crippen LogP contribution < -0.4 is 0 Å². The second-order valence-electron chi connectivity index (χ2n) is 4.09. The summed E-state index contributed by atoms with van der Waals surface area (Å²) in [6.07, 6.45) is 4.55. The third-order valence-electron chi connectivity index (χ3n) is 2.78. The molecule has 1 heterocycles. The highest BCUT2D eigenvalue weighted by atomic mass is 32.2. The SMILES string of the molecule is CC1=CC2=C(CC(C)CC2)OS1(=O)=O. The Balaban J connectivity index is 2.39. The Morgan fingerprint density at radius 3 is 2.93 bits per heavy atom. The molecular formula is C10H14O3S. The molecule has 0 aromatic heterocycles. The lowest BCUT2D eigenvalue weighted by Crippen LogP contribution is -2.18. The van der Waals surface area contributed by atoms with Gasteiger partial charge >= 0.3 is 10.1 Å². The van der Waals surface area contributed by atoms with Crippen molar-refractivity contribution in [3.8, 4) is 0 Å². The standard InChI is InChI=1S/C10H14O3S/c1-7-3-4-9-6-8(2)14(11,12)13-10(9)5-7/h6-7H,3-5H2,1-2H3. The van der Waals surface area contributed by atoms with Crippen LogP contribution in [0.5, 0.6) is 0 Å². The highest BCUT2D eigenvalue weighted by molar-refractivity contribution is 7.90. The summed E-state index contributed by atoms with van der Waals surface area (Å²) in [7, 11) is -3.45. The van der Waals surface area contributed by atoms with Crippen molar-refractivity contribution < 1.29 is 12.6 Å². The zero-order valence-electron chi connectivity index (χ0n) is 8.41. The molecule has 0 aromatic carbocycles. The van der Waals surface area contributed by atoms with Crippen LogP contribution in [0.25, 0.3) is 0 Å². The first-order valence-electron chi connectivity index (χ1n) is 4.84. The third-order valence-corrected chi connectivity index (χ3v) is 4.11. The van der Waals surface area contributed by atoms with Crippen LogP contribution in [-0.4, -0.2) is 8.42 Å². The smallest absolute Gasteiger partial charge is 0.334 e. The van der Waals surface area contributed by atoms with Crippen LogP contribution in [0.1, 0.15) is 33.1 Å². The van der Waals surface area contributed by atoms with E-state index in [4.69, 9.17) is 4.18 Å². The molecule has 0 saturated carbocycles. The predicted molar refractivity (Wildman–Crippen MR) is 53.8 cm³/mol. The van der Waals surface area contributed by atoms with E-state index < -0.39 is 10.1 Å². The van der Waals surface area contributed by atoms with Gasteiger partial charge in [0, 0.05) is 6.42 Å². The van der Waals surface area contributed by atoms with Gasteiger partial charge in [-0.2, -0.15) is 8.42 Å². The summed E-state index contributed by atoms with van der Waals surface area (Å²) < 4.78 is 27.9. The lowest BCUT2D eigenvalue weighted by molar-refractivity contribution is 0.338. The quantitative estimate of drug-likeness (QED) is 0.581. The minimum Gasteiger partial charge on any atom is -0.383 e. The monoisotopic (exact) mass is 214 g/mol. The molecule has 1 aliphatic carbocycles. The number of hydrogen-bond acceptors (Lipinski definition) is 3. The van der Waals surface area contributed by atoms with E-state index in [1.165, 1.54) is 0 Å². The average Bonchev–Trinajstić information content (AvgIpc) is 2.07. The first-order chi connectivity index (χ1) is 6.49. The molecular weight excluding hydrogens is 200 g/mol. The van der Waals surface area contributed by atoms with Crippen LogP contribution in [0, 0.1) is 5.92 Å². The van der Waals surface area contributed by atoms with Gasteiger partial charge in [-0.05, 0) is 37.3 Å². The highest BCUT2D eigenvalue weighted by Crippen LogP contribution is 2.36. The summed E-state index contributed by atoms with van der Waals surface area (Å²) in [5, 5.41) is 0. The van der Waals surface area contributed by atoms with E-state index >= 15 is 0 Å². The summed E-state index contributed by atoms with van der Waals surface area (Å²) in [4.78, 5) is 0.325. The minimum absolute atomic E-state index is 0.325. The molecule has 2 aliphatic rings. The number of allylic oxidation sites excluding steroid dienone is 4. The molecule has 0 radical (unpaired) electrons. The molecule has 0 bridgehead atoms. The van der Waals surface area contributed by atoms with Crippen molar-refractivity contribution in [1.29, 1.82) is 0 Å². The molecule has 0 saturated heterocycles. The lowest BCUT2D eigenvalue weighted by Gasteiger charge is -2.26. The maximum Gasteiger partial charge on any atom is 0.334 e. The van der Waals surface area contributed by atoms with E-state index in [0.29, 0.717) is 16.6 Å². The molecule has 14 heavy (non-hydrogen) atoms. The van der Waals surface area contributed by atoms with Crippen LogP contribution in [0.3, 0.4) is 0 Å². The van der Waals surface area contributed by atoms with Gasteiger partial charge in [0.25, 0.3) is 0 Å². The van der Waals surface area contributed by atoms with Crippen molar-refractivity contribution in [2.24, 2.45) is 5.92 Å². The Kier molecular flexibility index (Phi) is 2.18. The van der Waals surface area contributed by atoms with E-state index in [1.54, 1.807) is 13.0 Å². The Hall–Kier alpha value is -0.770. The van der Waals surface area contributed by atoms with E-state index in [2.05, 4.69) is 6.92 Å². The average molecular weight is 214 g/mol. The molecule has 0 N–H and O–H groups in total. The summed E-state index contributed by atoms with van der Waals surface area (Å²) >= 11 is 0. The maximum atomic E-state index is 11.4. The number of rotatable bonds is 0. The van der Waals surface area contributed by atoms with Crippen molar-refractivity contribution in [3.05, 3.63) is 22.3 Å². The molecule has 4 heteroatoms. The van der Waals surface area contributed by atoms with Gasteiger partial charge in [-0.3, -0.25) is 0 Å². The third kappa shape index (κ3) is 1.59. The molecule has 1 unspecified atom stereocenters. The molecule has 0 spiro atoms. The van der Waals surface area contributed by atoms with Crippen molar-refractivity contribution in [3.63, 3.8) is 0 Å². The van der Waals surface area contributed by atoms with Crippen LogP contribution in [0.2, 0.25) is 0 Å². The molecule has 0 fully saturated rings. The summed E-state index contributed by atoms with van der Waals surface area (Å²) in [5.41, 5.74) is 1.07. The zero-order chi connectivity index (χ0) is 10.3. The second kappa shape index (κ2) is 3.12. The minimum atomic E-state index is -3.45. The molecule has 0 aromatic rings. The largest absolute Gasteiger partial charge is 0.383 e. The number of hydrogen-bond donors (Lipinski definition) is 0. The van der Waals surface area contributed by atoms with Gasteiger partial charge in [-0.15, -0.1) is 0 Å². The van der Waals surface area contributed by atoms with Gasteiger partial charge in [0.05, 0.1) is 4.91 Å². The fourth-order valence-corrected chi connectivity index (χ4v) is 2.70. The van der Waals surface area contributed by atoms with Crippen molar-refractivity contribution in [1.82, 2.24) is 0 Å². The summed E-state index contributed by atoms with van der Waals surface area (Å²) in [6.45, 7) is 3.70. The van der Waals surface area contributed by atoms with Crippen LogP contribution in [0.4, 0.5) is 0 Å². The van der Waals surface area contributed by atoms with Crippen LogP contribution >= 0.6 is 0 Å². The van der Waals surface area contributed by atoms with E-state index in [-0.39, 0.29) is 0 Å². The topological polar surface area (TPSA) is 43.4 Å². The summed E-state index contributed by atoms with van der Waals surface area (Å²) in [6, 6.07) is 0. The fourth-order valence-electron chi connectivity index (χ4n) is 1.85. The van der Waals surface area contributed by atoms with Gasteiger partial charge < -0.3 is 4.18 Å². The Morgan fingerprint density at radius 2 is 2.21 bits per heavy atom. The lowest BCUT2D eigenvalue weighted by atomic mass is 9.89. The zero-order valence-corrected chi connectivity index (χ0v) is 9.23. The molecule has 3 nitrogen and oxygen atoms in total. The first-order valence-corrected chi connectivity index (χ1v) is 6.24. The molecule has 1 atom stereocenters. The van der Waals surface area contributed by atoms with Gasteiger partial charge in [0.2, 0.25) is 0 Å². The van der Waals surface area contributed by atoms with Crippen LogP contribution in [0.15, 0.2) is 22.3 Å². The van der Waals surface area contributed by atoms with Crippen molar-refractivity contribution in [2.75, 3.05) is 0 Å². The Bertz CT molecular complexity index is 415. The van der Waals surface area contributed by atoms with Gasteiger partial charge in [-0.25, -0.2) is 0 Å². The van der Waals surface area contributed by atoms with E-state index in [1.807, 2.05) is 0 Å². The Morgan fingerprint density at radius 1 is 1.50 bits per heavy atom. The Labute approximate surface area is 84.6 Å². The highest BCUT2D eigenvalue weighted by Gasteiger charge is 2.28. The predicted octanol–water partition coefficient (Wildman–Crippen LogP) is 2.32. The first kappa shape index (κ1) is 9.77. The normalized spacial score (nSPS) is 30.4. The second-order valence-corrected chi connectivity index (χ2v) is 5.81. The van der Waals surface area contributed by atoms with Crippen molar-refractivity contribution >= 4 is 10.1 Å². The van der Waals surface area contributed by atoms with Gasteiger partial charge in [0.1, 0.15) is 5.76 Å². The van der Waals surface area contributed by atoms with E-state index in [0.717, 1.165) is 24.8 Å². The molecule has 78 valence electrons. The fraction of sp³-hybridized carbons (Fsp3) is 0.600. The molecule has 2 rings (SSSR count). The van der Waals surface area contributed by atoms with Gasteiger partial charge in [-0.1, -0.05) is 6.92 Å². The van der Waals surface area contributed by atoms with Gasteiger partial charge in [0.15, 0.2) is 0 Å². The van der Waals surface area contributed by atoms with Crippen LogP contribution in [-0.2, 0) is 14.3 Å².